The maximum Gasteiger partial charge on any atom is 4.00 e. The van der Waals surface area contributed by atoms with Gasteiger partial charge < -0.3 is 21.9 Å². The Bertz CT molecular complexity index is 1000. The van der Waals surface area contributed by atoms with Gasteiger partial charge in [-0.05, 0) is 20.8 Å². The molecule has 0 radical (unpaired) electrons. The van der Waals surface area contributed by atoms with Gasteiger partial charge in [0.15, 0.2) is 0 Å². The minimum atomic E-state index is -2.13. The van der Waals surface area contributed by atoms with E-state index in [1.807, 2.05) is 0 Å². The van der Waals surface area contributed by atoms with E-state index in [9.17, 15) is 0 Å². The minimum absolute atomic E-state index is 0. The van der Waals surface area contributed by atoms with E-state index in [0.717, 1.165) is 23.5 Å². The Hall–Kier alpha value is -1.41. The zero-order valence-corrected chi connectivity index (χ0v) is 32.8. The molecule has 0 atom stereocenters. The van der Waals surface area contributed by atoms with Crippen molar-refractivity contribution >= 4 is 41.8 Å². The summed E-state index contributed by atoms with van der Waals surface area (Å²) >= 11 is 0. The Morgan fingerprint density at radius 3 is 1.00 bits per heavy atom. The van der Waals surface area contributed by atoms with Crippen LogP contribution in [0.4, 0.5) is 17.1 Å². The van der Waals surface area contributed by atoms with E-state index in [-0.39, 0.29) is 26.2 Å². The molecule has 0 heterocycles. The molecular formula is C34H53N3Si3Zr. The van der Waals surface area contributed by atoms with Gasteiger partial charge in [-0.1, -0.05) is 184 Å². The van der Waals surface area contributed by atoms with Gasteiger partial charge in [0.1, 0.15) is 0 Å². The van der Waals surface area contributed by atoms with Crippen molar-refractivity contribution in [3.63, 3.8) is 0 Å². The van der Waals surface area contributed by atoms with E-state index in [4.69, 9.17) is 14.9 Å². The SMILES string of the molecule is Cc1ccc([N-][Si](C)(C)C([Si](C)(C)[N-]c2ccc(C)cc2)[Si](C)(C)[N-]c2ccc(C)cc2)cc1.[CH2-]CCCCC.[Zr+4]. The fourth-order valence-electron chi connectivity index (χ4n) is 6.07. The molecule has 0 saturated heterocycles. The molecule has 0 bridgehead atoms. The van der Waals surface area contributed by atoms with Crippen molar-refractivity contribution in [1.82, 2.24) is 0 Å². The molecule has 3 aromatic carbocycles. The van der Waals surface area contributed by atoms with Crippen LogP contribution < -0.4 is 0 Å². The number of nitrogens with zero attached hydrogens (tertiary/aromatic N) is 3. The molecule has 0 saturated carbocycles. The van der Waals surface area contributed by atoms with Crippen molar-refractivity contribution in [2.45, 2.75) is 97.4 Å². The van der Waals surface area contributed by atoms with E-state index in [1.165, 1.54) is 36.0 Å². The van der Waals surface area contributed by atoms with Crippen LogP contribution in [0.25, 0.3) is 14.9 Å². The molecule has 0 fully saturated rings. The van der Waals surface area contributed by atoms with Gasteiger partial charge in [-0.25, -0.2) is 0 Å². The molecule has 0 spiro atoms. The maximum absolute atomic E-state index is 5.46. The van der Waals surface area contributed by atoms with Gasteiger partial charge in [0.05, 0.1) is 0 Å². The summed E-state index contributed by atoms with van der Waals surface area (Å²) in [6, 6.07) is 26.0. The standard InChI is InChI=1S/C28H40N3Si3.C6H13.Zr/c1-22-10-16-25(17-11-22)29-32(4,5)28(33(6,7)30-26-18-12-23(2)13-19-26)34(8,9)31-27-20-14-24(3)15-21-27;1-3-5-6-4-2;/h10-21,28H,1-9H3;1,3-6H2,2H3;/q-3;-1;+4. The normalized spacial score (nSPS) is 11.7. The van der Waals surface area contributed by atoms with E-state index >= 15 is 0 Å². The monoisotopic (exact) mass is 677 g/mol. The van der Waals surface area contributed by atoms with Crippen molar-refractivity contribution in [2.75, 3.05) is 0 Å². The summed E-state index contributed by atoms with van der Waals surface area (Å²) in [5, 5.41) is 0. The van der Waals surface area contributed by atoms with Crippen molar-refractivity contribution in [1.29, 1.82) is 0 Å². The van der Waals surface area contributed by atoms with Crippen LogP contribution in [0.2, 0.25) is 44.1 Å². The molecule has 220 valence electrons. The third-order valence-electron chi connectivity index (χ3n) is 7.33. The van der Waals surface area contributed by atoms with Gasteiger partial charge in [-0.3, -0.25) is 0 Å². The summed E-state index contributed by atoms with van der Waals surface area (Å²) < 4.78 is 0. The third kappa shape index (κ3) is 12.4. The van der Waals surface area contributed by atoms with Crippen molar-refractivity contribution in [3.05, 3.63) is 111 Å². The van der Waals surface area contributed by atoms with Crippen LogP contribution in [0, 0.1) is 27.7 Å². The zero-order valence-electron chi connectivity index (χ0n) is 27.4. The number of rotatable bonds is 12. The van der Waals surface area contributed by atoms with E-state index in [0.29, 0.717) is 4.79 Å². The second kappa shape index (κ2) is 17.0. The van der Waals surface area contributed by atoms with Gasteiger partial charge in [0, 0.05) is 0 Å². The Morgan fingerprint density at radius 1 is 0.537 bits per heavy atom. The molecule has 0 unspecified atom stereocenters. The van der Waals surface area contributed by atoms with Gasteiger partial charge in [-0.15, -0.1) is 17.1 Å². The van der Waals surface area contributed by atoms with Crippen LogP contribution in [-0.2, 0) is 26.2 Å². The number of unbranched alkanes of at least 4 members (excludes halogenated alkanes) is 3. The predicted octanol–water partition coefficient (Wildman–Crippen LogP) is 12.5. The van der Waals surface area contributed by atoms with Crippen molar-refractivity contribution < 1.29 is 26.2 Å². The molecule has 0 aliphatic rings. The third-order valence-corrected chi connectivity index (χ3v) is 26.8. The van der Waals surface area contributed by atoms with Crippen LogP contribution in [-0.4, -0.2) is 24.7 Å². The van der Waals surface area contributed by atoms with Crippen LogP contribution in [0.5, 0.6) is 0 Å². The second-order valence-corrected chi connectivity index (χ2v) is 26.9. The molecule has 7 heteroatoms. The summed E-state index contributed by atoms with van der Waals surface area (Å²) in [5.74, 6) is 0. The van der Waals surface area contributed by atoms with E-state index < -0.39 is 24.7 Å². The summed E-state index contributed by atoms with van der Waals surface area (Å²) in [7, 11) is -6.39. The van der Waals surface area contributed by atoms with Crippen molar-refractivity contribution in [3.8, 4) is 0 Å². The number of aryl methyl sites for hydroxylation is 3. The molecule has 3 nitrogen and oxygen atoms in total. The first-order chi connectivity index (χ1) is 18.7. The second-order valence-electron chi connectivity index (χ2n) is 12.8. The fraction of sp³-hybridized carbons (Fsp3) is 0.441. The van der Waals surface area contributed by atoms with Crippen molar-refractivity contribution in [2.24, 2.45) is 0 Å². The van der Waals surface area contributed by atoms with Crippen LogP contribution >= 0.6 is 0 Å². The molecular weight excluding hydrogens is 626 g/mol. The summed E-state index contributed by atoms with van der Waals surface area (Å²) in [5.41, 5.74) is 7.07. The Morgan fingerprint density at radius 2 is 0.805 bits per heavy atom. The first kappa shape index (κ1) is 37.6. The predicted molar refractivity (Wildman–Crippen MR) is 188 cm³/mol. The van der Waals surface area contributed by atoms with Gasteiger partial charge in [0.2, 0.25) is 0 Å². The number of benzene rings is 3. The number of hydrogen-bond acceptors (Lipinski definition) is 0. The first-order valence-corrected chi connectivity index (χ1v) is 24.0. The van der Waals surface area contributed by atoms with Gasteiger partial charge in [-0.2, -0.15) is 6.42 Å². The van der Waals surface area contributed by atoms with Crippen LogP contribution in [0.1, 0.15) is 49.3 Å². The molecule has 0 N–H and O–H groups in total. The van der Waals surface area contributed by atoms with E-state index in [2.05, 4.69) is 147 Å². The molecule has 3 rings (SSSR count). The number of hydrogen-bond donors (Lipinski definition) is 0. The average Bonchev–Trinajstić information content (AvgIpc) is 2.86. The maximum atomic E-state index is 5.46. The minimum Gasteiger partial charge on any atom is -0.687 e. The van der Waals surface area contributed by atoms with Crippen LogP contribution in [0.3, 0.4) is 0 Å². The van der Waals surface area contributed by atoms with Gasteiger partial charge >= 0.3 is 26.2 Å². The molecule has 0 aliphatic carbocycles. The Balaban J connectivity index is 0.00000108. The summed E-state index contributed by atoms with van der Waals surface area (Å²) in [4.78, 5) is 16.8. The Labute approximate surface area is 275 Å². The Kier molecular flexibility index (Phi) is 15.6. The zero-order chi connectivity index (χ0) is 30.0. The fourth-order valence-corrected chi connectivity index (χ4v) is 30.8. The molecule has 41 heavy (non-hydrogen) atoms. The largest absolute Gasteiger partial charge is 4.00 e. The summed E-state index contributed by atoms with van der Waals surface area (Å²) in [6.45, 7) is 26.9. The molecule has 0 amide bonds. The first-order valence-electron chi connectivity index (χ1n) is 14.9. The molecule has 3 aromatic rings. The summed E-state index contributed by atoms with van der Waals surface area (Å²) in [6.07, 6.45) is 5.07. The molecule has 0 aliphatic heterocycles. The van der Waals surface area contributed by atoms with Crippen LogP contribution in [0.15, 0.2) is 72.8 Å². The quantitative estimate of drug-likeness (QED) is 0.104. The van der Waals surface area contributed by atoms with Gasteiger partial charge in [0.25, 0.3) is 0 Å². The topological polar surface area (TPSA) is 42.3 Å². The smallest absolute Gasteiger partial charge is 0.687 e. The molecule has 0 aromatic heterocycles. The van der Waals surface area contributed by atoms with E-state index in [1.54, 1.807) is 0 Å². The average molecular weight is 679 g/mol.